The van der Waals surface area contributed by atoms with E-state index in [0.29, 0.717) is 23.6 Å². The average Bonchev–Trinajstić information content (AvgIpc) is 3.02. The first-order valence-electron chi connectivity index (χ1n) is 7.26. The molecule has 3 amide bonds. The van der Waals surface area contributed by atoms with Crippen LogP contribution in [0.15, 0.2) is 24.3 Å². The van der Waals surface area contributed by atoms with Gasteiger partial charge in [0.1, 0.15) is 0 Å². The van der Waals surface area contributed by atoms with Gasteiger partial charge in [-0.25, -0.2) is 4.79 Å². The van der Waals surface area contributed by atoms with Crippen LogP contribution >= 0.6 is 11.6 Å². The van der Waals surface area contributed by atoms with Gasteiger partial charge in [-0.3, -0.25) is 9.59 Å². The van der Waals surface area contributed by atoms with E-state index in [4.69, 9.17) is 16.7 Å². The van der Waals surface area contributed by atoms with E-state index in [9.17, 15) is 14.4 Å². The normalized spacial score (nSPS) is 16.9. The summed E-state index contributed by atoms with van der Waals surface area (Å²) in [6.45, 7) is 1.20. The van der Waals surface area contributed by atoms with Crippen molar-refractivity contribution in [3.63, 3.8) is 0 Å². The van der Waals surface area contributed by atoms with E-state index in [1.807, 2.05) is 0 Å². The minimum absolute atomic E-state index is 0.221. The van der Waals surface area contributed by atoms with E-state index in [2.05, 4.69) is 10.6 Å². The summed E-state index contributed by atoms with van der Waals surface area (Å²) < 4.78 is 0. The molecule has 1 aromatic carbocycles. The molecule has 124 valence electrons. The lowest BCUT2D eigenvalue weighted by Crippen LogP contribution is -2.42. The second-order valence-corrected chi connectivity index (χ2v) is 5.70. The molecule has 1 heterocycles. The highest BCUT2D eigenvalue weighted by molar-refractivity contribution is 6.30. The van der Waals surface area contributed by atoms with Gasteiger partial charge in [0.05, 0.1) is 5.92 Å². The Hall–Kier alpha value is -2.28. The molecule has 1 aliphatic heterocycles. The first-order valence-corrected chi connectivity index (χ1v) is 7.64. The smallest absolute Gasteiger partial charge is 0.317 e. The molecule has 0 spiro atoms. The molecule has 3 N–H and O–H groups in total. The fraction of sp³-hybridized carbons (Fsp3) is 0.400. The van der Waals surface area contributed by atoms with Crippen molar-refractivity contribution in [2.45, 2.75) is 6.42 Å². The van der Waals surface area contributed by atoms with E-state index in [-0.39, 0.29) is 31.6 Å². The number of nitrogens with zero attached hydrogens (tertiary/aromatic N) is 1. The third-order valence-electron chi connectivity index (χ3n) is 3.62. The topological polar surface area (TPSA) is 98.7 Å². The highest BCUT2D eigenvalue weighted by Crippen LogP contribution is 2.15. The third kappa shape index (κ3) is 4.85. The first kappa shape index (κ1) is 17.1. The number of benzene rings is 1. The Morgan fingerprint density at radius 3 is 2.43 bits per heavy atom. The molecule has 7 nitrogen and oxygen atoms in total. The number of rotatable bonds is 5. The number of hydrogen-bond acceptors (Lipinski definition) is 3. The number of carbonyl (C=O) groups excluding carboxylic acids is 2. The summed E-state index contributed by atoms with van der Waals surface area (Å²) in [5, 5.41) is 14.8. The number of carboxylic acids is 1. The Balaban J connectivity index is 1.67. The van der Waals surface area contributed by atoms with E-state index >= 15 is 0 Å². The van der Waals surface area contributed by atoms with Crippen LogP contribution in [-0.4, -0.2) is 54.1 Å². The zero-order valence-electron chi connectivity index (χ0n) is 12.4. The van der Waals surface area contributed by atoms with Gasteiger partial charge in [-0.05, 0) is 30.7 Å². The summed E-state index contributed by atoms with van der Waals surface area (Å²) >= 11 is 5.75. The van der Waals surface area contributed by atoms with Crippen LogP contribution < -0.4 is 10.6 Å². The number of carbonyl (C=O) groups is 3. The minimum Gasteiger partial charge on any atom is -0.481 e. The van der Waals surface area contributed by atoms with Gasteiger partial charge in [-0.1, -0.05) is 11.6 Å². The summed E-state index contributed by atoms with van der Waals surface area (Å²) in [6.07, 6.45) is 0.468. The van der Waals surface area contributed by atoms with Crippen molar-refractivity contribution < 1.29 is 19.5 Å². The van der Waals surface area contributed by atoms with Crippen molar-refractivity contribution in [3.8, 4) is 0 Å². The molecule has 0 saturated carbocycles. The summed E-state index contributed by atoms with van der Waals surface area (Å²) in [5.41, 5.74) is 0.490. The third-order valence-corrected chi connectivity index (χ3v) is 3.87. The second kappa shape index (κ2) is 7.82. The zero-order chi connectivity index (χ0) is 16.8. The Morgan fingerprint density at radius 2 is 1.83 bits per heavy atom. The molecule has 23 heavy (non-hydrogen) atoms. The first-order chi connectivity index (χ1) is 11.0. The van der Waals surface area contributed by atoms with Crippen LogP contribution in [0, 0.1) is 5.92 Å². The number of nitrogens with one attached hydrogen (secondary N) is 2. The lowest BCUT2D eigenvalue weighted by Gasteiger charge is -2.16. The highest BCUT2D eigenvalue weighted by atomic mass is 35.5. The molecule has 0 aliphatic carbocycles. The molecule has 1 atom stereocenters. The quantitative estimate of drug-likeness (QED) is 0.702. The monoisotopic (exact) mass is 339 g/mol. The Kier molecular flexibility index (Phi) is 5.81. The maximum absolute atomic E-state index is 11.9. The minimum atomic E-state index is -0.879. The Bertz CT molecular complexity index is 591. The summed E-state index contributed by atoms with van der Waals surface area (Å²) in [4.78, 5) is 36.0. The number of amides is 3. The summed E-state index contributed by atoms with van der Waals surface area (Å²) in [7, 11) is 0. The van der Waals surface area contributed by atoms with Gasteiger partial charge < -0.3 is 20.6 Å². The van der Waals surface area contributed by atoms with Gasteiger partial charge in [0, 0.05) is 36.8 Å². The second-order valence-electron chi connectivity index (χ2n) is 5.26. The average molecular weight is 340 g/mol. The van der Waals surface area contributed by atoms with Gasteiger partial charge in [0.2, 0.25) is 0 Å². The van der Waals surface area contributed by atoms with Gasteiger partial charge in [-0.2, -0.15) is 0 Å². The maximum atomic E-state index is 11.9. The molecule has 1 saturated heterocycles. The molecule has 1 unspecified atom stereocenters. The van der Waals surface area contributed by atoms with Crippen LogP contribution in [0.2, 0.25) is 5.02 Å². The van der Waals surface area contributed by atoms with Crippen LogP contribution in [0.25, 0.3) is 0 Å². The summed E-state index contributed by atoms with van der Waals surface area (Å²) in [6, 6.07) is 6.18. The number of halogens is 1. The van der Waals surface area contributed by atoms with Crippen LogP contribution in [0.4, 0.5) is 4.79 Å². The number of carboxylic acid groups (broad SMARTS) is 1. The number of hydrogen-bond donors (Lipinski definition) is 3. The lowest BCUT2D eigenvalue weighted by atomic mass is 10.1. The van der Waals surface area contributed by atoms with Gasteiger partial charge in [0.15, 0.2) is 0 Å². The Morgan fingerprint density at radius 1 is 1.17 bits per heavy atom. The van der Waals surface area contributed by atoms with Crippen LogP contribution in [0.3, 0.4) is 0 Å². The molecular formula is C15H18ClN3O4. The molecule has 0 radical (unpaired) electrons. The highest BCUT2D eigenvalue weighted by Gasteiger charge is 2.30. The van der Waals surface area contributed by atoms with Crippen molar-refractivity contribution in [2.75, 3.05) is 26.2 Å². The van der Waals surface area contributed by atoms with Crippen molar-refractivity contribution in [3.05, 3.63) is 34.9 Å². The van der Waals surface area contributed by atoms with Crippen LogP contribution in [-0.2, 0) is 4.79 Å². The number of likely N-dealkylation sites (tertiary alicyclic amines) is 1. The Labute approximate surface area is 138 Å². The number of urea groups is 1. The molecule has 1 fully saturated rings. The fourth-order valence-electron chi connectivity index (χ4n) is 2.31. The largest absolute Gasteiger partial charge is 0.481 e. The predicted molar refractivity (Wildman–Crippen MR) is 84.5 cm³/mol. The molecule has 1 aromatic rings. The molecule has 0 aromatic heterocycles. The van der Waals surface area contributed by atoms with Crippen LogP contribution in [0.5, 0.6) is 0 Å². The van der Waals surface area contributed by atoms with Gasteiger partial charge in [-0.15, -0.1) is 0 Å². The SMILES string of the molecule is O=C(NCCNC(=O)N1CCC(C(=O)O)C1)c1ccc(Cl)cc1. The van der Waals surface area contributed by atoms with Crippen LogP contribution in [0.1, 0.15) is 16.8 Å². The number of aliphatic carboxylic acids is 1. The van der Waals surface area contributed by atoms with Crippen molar-refractivity contribution >= 4 is 29.5 Å². The summed E-state index contributed by atoms with van der Waals surface area (Å²) in [5.74, 6) is -1.62. The van der Waals surface area contributed by atoms with Gasteiger partial charge in [0.25, 0.3) is 5.91 Å². The molecule has 1 aliphatic rings. The molecular weight excluding hydrogens is 322 g/mol. The van der Waals surface area contributed by atoms with Gasteiger partial charge >= 0.3 is 12.0 Å². The lowest BCUT2D eigenvalue weighted by molar-refractivity contribution is -0.141. The van der Waals surface area contributed by atoms with Crippen molar-refractivity contribution in [2.24, 2.45) is 5.92 Å². The van der Waals surface area contributed by atoms with E-state index in [0.717, 1.165) is 0 Å². The van der Waals surface area contributed by atoms with E-state index < -0.39 is 11.9 Å². The standard InChI is InChI=1S/C15H18ClN3O4/c16-12-3-1-10(2-4-12)13(20)17-6-7-18-15(23)19-8-5-11(9-19)14(21)22/h1-4,11H,5-9H2,(H,17,20)(H,18,23)(H,21,22). The van der Waals surface area contributed by atoms with E-state index in [1.165, 1.54) is 4.90 Å². The fourth-order valence-corrected chi connectivity index (χ4v) is 2.43. The molecule has 2 rings (SSSR count). The molecule has 8 heteroatoms. The maximum Gasteiger partial charge on any atom is 0.317 e. The van der Waals surface area contributed by atoms with E-state index in [1.54, 1.807) is 24.3 Å². The predicted octanol–water partition coefficient (Wildman–Crippen LogP) is 1.19. The molecule has 0 bridgehead atoms. The van der Waals surface area contributed by atoms with Crippen molar-refractivity contribution in [1.29, 1.82) is 0 Å². The van der Waals surface area contributed by atoms with Crippen molar-refractivity contribution in [1.82, 2.24) is 15.5 Å². The zero-order valence-corrected chi connectivity index (χ0v) is 13.2.